The molecule has 1 N–H and O–H groups in total. The van der Waals surface area contributed by atoms with Gasteiger partial charge in [-0.2, -0.15) is 0 Å². The van der Waals surface area contributed by atoms with Gasteiger partial charge in [-0.3, -0.25) is 4.21 Å². The maximum atomic E-state index is 12.2. The topological polar surface area (TPSA) is 29.1 Å². The number of unbranched alkanes of at least 4 members (excludes halogenated alkanes) is 1. The third-order valence-corrected chi connectivity index (χ3v) is 5.10. The third-order valence-electron chi connectivity index (χ3n) is 3.65. The molecule has 3 heteroatoms. The van der Waals surface area contributed by atoms with E-state index in [0.29, 0.717) is 0 Å². The summed E-state index contributed by atoms with van der Waals surface area (Å²) in [5, 5.41) is 3.55. The molecule has 1 rings (SSSR count). The average molecular weight is 295 g/mol. The van der Waals surface area contributed by atoms with Crippen molar-refractivity contribution in [3.63, 3.8) is 0 Å². The molecule has 0 fully saturated rings. The van der Waals surface area contributed by atoms with Crippen molar-refractivity contribution in [2.75, 3.05) is 18.1 Å². The van der Waals surface area contributed by atoms with Crippen molar-refractivity contribution < 1.29 is 4.21 Å². The van der Waals surface area contributed by atoms with Crippen LogP contribution in [-0.2, 0) is 10.8 Å². The second-order valence-corrected chi connectivity index (χ2v) is 7.14. The zero-order chi connectivity index (χ0) is 15.0. The first-order chi connectivity index (χ1) is 9.58. The van der Waals surface area contributed by atoms with E-state index in [-0.39, 0.29) is 6.04 Å². The molecule has 1 aromatic carbocycles. The summed E-state index contributed by atoms with van der Waals surface area (Å²) in [4.78, 5) is 0. The number of hydrogen-bond acceptors (Lipinski definition) is 2. The van der Waals surface area contributed by atoms with Gasteiger partial charge in [0.25, 0.3) is 0 Å². The summed E-state index contributed by atoms with van der Waals surface area (Å²) in [6.45, 7) is 9.56. The molecule has 0 radical (unpaired) electrons. The zero-order valence-corrected chi connectivity index (χ0v) is 14.2. The fourth-order valence-electron chi connectivity index (χ4n) is 2.15. The van der Waals surface area contributed by atoms with Crippen molar-refractivity contribution in [1.29, 1.82) is 0 Å². The highest BCUT2D eigenvalue weighted by Gasteiger charge is 2.14. The second-order valence-electron chi connectivity index (χ2n) is 5.51. The molecule has 0 aromatic heterocycles. The van der Waals surface area contributed by atoms with Crippen LogP contribution in [0.15, 0.2) is 18.2 Å². The number of benzene rings is 1. The van der Waals surface area contributed by atoms with Gasteiger partial charge >= 0.3 is 0 Å². The van der Waals surface area contributed by atoms with Crippen LogP contribution in [0.3, 0.4) is 0 Å². The Hall–Kier alpha value is -0.670. The highest BCUT2D eigenvalue weighted by atomic mass is 32.2. The SMILES string of the molecule is CCCCS(=O)CC(NCCC)c1ccc(C)c(C)c1. The number of aryl methyl sites for hydroxylation is 2. The van der Waals surface area contributed by atoms with E-state index >= 15 is 0 Å². The van der Waals surface area contributed by atoms with Crippen molar-refractivity contribution in [2.24, 2.45) is 0 Å². The van der Waals surface area contributed by atoms with Crippen molar-refractivity contribution in [3.8, 4) is 0 Å². The Balaban J connectivity index is 2.76. The lowest BCUT2D eigenvalue weighted by Crippen LogP contribution is -2.27. The van der Waals surface area contributed by atoms with Crippen molar-refractivity contribution in [1.82, 2.24) is 5.32 Å². The van der Waals surface area contributed by atoms with Crippen molar-refractivity contribution in [2.45, 2.75) is 53.0 Å². The zero-order valence-electron chi connectivity index (χ0n) is 13.4. The predicted octanol–water partition coefficient (Wildman–Crippen LogP) is 3.89. The van der Waals surface area contributed by atoms with Gasteiger partial charge in [-0.05, 0) is 49.9 Å². The normalized spacial score (nSPS) is 14.2. The van der Waals surface area contributed by atoms with E-state index in [1.165, 1.54) is 16.7 Å². The van der Waals surface area contributed by atoms with Crippen LogP contribution in [-0.4, -0.2) is 22.3 Å². The molecule has 0 spiro atoms. The Morgan fingerprint density at radius 3 is 2.50 bits per heavy atom. The van der Waals surface area contributed by atoms with Crippen LogP contribution < -0.4 is 5.32 Å². The highest BCUT2D eigenvalue weighted by Crippen LogP contribution is 2.18. The van der Waals surface area contributed by atoms with Gasteiger partial charge in [-0.25, -0.2) is 0 Å². The smallest absolute Gasteiger partial charge is 0.0436 e. The molecule has 2 atom stereocenters. The van der Waals surface area contributed by atoms with Gasteiger partial charge in [-0.1, -0.05) is 38.5 Å². The third kappa shape index (κ3) is 5.76. The van der Waals surface area contributed by atoms with Crippen LogP contribution in [0.5, 0.6) is 0 Å². The molecule has 0 aliphatic rings. The van der Waals surface area contributed by atoms with Gasteiger partial charge in [0.05, 0.1) is 0 Å². The van der Waals surface area contributed by atoms with Crippen LogP contribution in [0.4, 0.5) is 0 Å². The van der Waals surface area contributed by atoms with Crippen LogP contribution in [0, 0.1) is 13.8 Å². The Labute approximate surface area is 126 Å². The molecule has 0 aliphatic heterocycles. The Bertz CT molecular complexity index is 431. The number of nitrogens with one attached hydrogen (secondary N) is 1. The van der Waals surface area contributed by atoms with Gasteiger partial charge in [-0.15, -0.1) is 0 Å². The van der Waals surface area contributed by atoms with E-state index in [2.05, 4.69) is 51.2 Å². The van der Waals surface area contributed by atoms with Crippen molar-refractivity contribution in [3.05, 3.63) is 34.9 Å². The molecule has 1 aromatic rings. The predicted molar refractivity (Wildman–Crippen MR) is 89.7 cm³/mol. The Kier molecular flexibility index (Phi) is 8.08. The highest BCUT2D eigenvalue weighted by molar-refractivity contribution is 7.85. The fourth-order valence-corrected chi connectivity index (χ4v) is 3.61. The molecule has 2 unspecified atom stereocenters. The molecular formula is C17H29NOS. The summed E-state index contributed by atoms with van der Waals surface area (Å²) < 4.78 is 12.2. The molecule has 0 bridgehead atoms. The average Bonchev–Trinajstić information content (AvgIpc) is 2.44. The lowest BCUT2D eigenvalue weighted by molar-refractivity contribution is 0.569. The summed E-state index contributed by atoms with van der Waals surface area (Å²) in [6, 6.07) is 6.79. The standard InChI is InChI=1S/C17H29NOS/c1-5-7-11-20(19)13-17(18-10-6-2)16-9-8-14(3)15(4)12-16/h8-9,12,17-18H,5-7,10-11,13H2,1-4H3. The monoisotopic (exact) mass is 295 g/mol. The van der Waals surface area contributed by atoms with Crippen molar-refractivity contribution >= 4 is 10.8 Å². The number of rotatable bonds is 9. The second kappa shape index (κ2) is 9.30. The van der Waals surface area contributed by atoms with E-state index in [4.69, 9.17) is 0 Å². The Morgan fingerprint density at radius 1 is 1.15 bits per heavy atom. The molecule has 20 heavy (non-hydrogen) atoms. The maximum Gasteiger partial charge on any atom is 0.0436 e. The molecule has 2 nitrogen and oxygen atoms in total. The molecule has 0 heterocycles. The lowest BCUT2D eigenvalue weighted by atomic mass is 10.0. The van der Waals surface area contributed by atoms with Crippen LogP contribution in [0.25, 0.3) is 0 Å². The summed E-state index contributed by atoms with van der Waals surface area (Å²) in [5.41, 5.74) is 3.90. The fraction of sp³-hybridized carbons (Fsp3) is 0.647. The van der Waals surface area contributed by atoms with E-state index in [9.17, 15) is 4.21 Å². The molecule has 0 amide bonds. The van der Waals surface area contributed by atoms with E-state index in [1.54, 1.807) is 0 Å². The van der Waals surface area contributed by atoms with Crippen LogP contribution in [0.2, 0.25) is 0 Å². The molecule has 0 saturated heterocycles. The molecular weight excluding hydrogens is 266 g/mol. The quantitative estimate of drug-likeness (QED) is 0.749. The van der Waals surface area contributed by atoms with E-state index in [1.807, 2.05) is 0 Å². The molecule has 114 valence electrons. The lowest BCUT2D eigenvalue weighted by Gasteiger charge is -2.19. The first-order valence-corrected chi connectivity index (χ1v) is 9.22. The van der Waals surface area contributed by atoms with Crippen LogP contribution in [0.1, 0.15) is 55.8 Å². The summed E-state index contributed by atoms with van der Waals surface area (Å²) in [7, 11) is -0.728. The minimum Gasteiger partial charge on any atom is -0.309 e. The molecule has 0 aliphatic carbocycles. The summed E-state index contributed by atoms with van der Waals surface area (Å²) >= 11 is 0. The summed E-state index contributed by atoms with van der Waals surface area (Å²) in [6.07, 6.45) is 3.27. The minimum absolute atomic E-state index is 0.215. The van der Waals surface area contributed by atoms with Gasteiger partial charge in [0.2, 0.25) is 0 Å². The maximum absolute atomic E-state index is 12.2. The van der Waals surface area contributed by atoms with Gasteiger partial charge in [0.1, 0.15) is 0 Å². The Morgan fingerprint density at radius 2 is 1.90 bits per heavy atom. The molecule has 0 saturated carbocycles. The first kappa shape index (κ1) is 17.4. The largest absolute Gasteiger partial charge is 0.309 e. The van der Waals surface area contributed by atoms with E-state index < -0.39 is 10.8 Å². The first-order valence-electron chi connectivity index (χ1n) is 7.74. The minimum atomic E-state index is -0.728. The number of hydrogen-bond donors (Lipinski definition) is 1. The van der Waals surface area contributed by atoms with Crippen LogP contribution >= 0.6 is 0 Å². The summed E-state index contributed by atoms with van der Waals surface area (Å²) in [5.74, 6) is 1.55. The van der Waals surface area contributed by atoms with Gasteiger partial charge in [0, 0.05) is 28.3 Å². The van der Waals surface area contributed by atoms with E-state index in [0.717, 1.165) is 37.3 Å². The van der Waals surface area contributed by atoms with Gasteiger partial charge < -0.3 is 5.32 Å². The van der Waals surface area contributed by atoms with Gasteiger partial charge in [0.15, 0.2) is 0 Å².